The third-order valence-corrected chi connectivity index (χ3v) is 5.31. The maximum atomic E-state index is 12.6. The number of hydrogen-bond donors (Lipinski definition) is 2. The average Bonchev–Trinajstić information content (AvgIpc) is 2.61. The van der Waals surface area contributed by atoms with Crippen molar-refractivity contribution >= 4 is 21.7 Å². The Bertz CT molecular complexity index is 921. The minimum Gasteiger partial charge on any atom is -0.486 e. The molecule has 0 saturated carbocycles. The van der Waals surface area contributed by atoms with Crippen LogP contribution in [0.5, 0.6) is 11.5 Å². The zero-order chi connectivity index (χ0) is 18.7. The highest BCUT2D eigenvalue weighted by Gasteiger charge is 2.23. The number of benzene rings is 2. The molecular formula is C18H19NO6S. The molecule has 0 bridgehead atoms. The first kappa shape index (κ1) is 18.1. The topological polar surface area (TPSA) is 102 Å². The number of aromatic carboxylic acids is 1. The van der Waals surface area contributed by atoms with Crippen molar-refractivity contribution < 1.29 is 27.8 Å². The van der Waals surface area contributed by atoms with Crippen LogP contribution in [0.3, 0.4) is 0 Å². The fourth-order valence-corrected chi connectivity index (χ4v) is 3.75. The summed E-state index contributed by atoms with van der Waals surface area (Å²) < 4.78 is 38.4. The number of nitrogens with one attached hydrogen (secondary N) is 1. The van der Waals surface area contributed by atoms with Crippen LogP contribution in [0, 0.1) is 0 Å². The molecule has 1 heterocycles. The highest BCUT2D eigenvalue weighted by molar-refractivity contribution is 7.92. The van der Waals surface area contributed by atoms with E-state index in [0.717, 1.165) is 18.4 Å². The van der Waals surface area contributed by atoms with E-state index in [9.17, 15) is 18.3 Å². The Hall–Kier alpha value is -2.74. The summed E-state index contributed by atoms with van der Waals surface area (Å²) >= 11 is 0. The van der Waals surface area contributed by atoms with Gasteiger partial charge in [-0.3, -0.25) is 4.72 Å². The minimum atomic E-state index is -3.94. The second-order valence-electron chi connectivity index (χ2n) is 5.85. The van der Waals surface area contributed by atoms with E-state index < -0.39 is 16.0 Å². The summed E-state index contributed by atoms with van der Waals surface area (Å²) in [5.74, 6) is -0.685. The summed E-state index contributed by atoms with van der Waals surface area (Å²) in [7, 11) is -3.94. The molecule has 0 atom stereocenters. The van der Waals surface area contributed by atoms with Crippen LogP contribution in [0.15, 0.2) is 41.3 Å². The molecule has 0 amide bonds. The van der Waals surface area contributed by atoms with Crippen molar-refractivity contribution in [2.24, 2.45) is 0 Å². The van der Waals surface area contributed by atoms with Crippen molar-refractivity contribution in [2.75, 3.05) is 17.9 Å². The second kappa shape index (κ2) is 7.25. The van der Waals surface area contributed by atoms with Crippen molar-refractivity contribution in [1.82, 2.24) is 0 Å². The van der Waals surface area contributed by atoms with Crippen LogP contribution in [-0.4, -0.2) is 32.7 Å². The predicted molar refractivity (Wildman–Crippen MR) is 95.6 cm³/mol. The van der Waals surface area contributed by atoms with Crippen LogP contribution in [0.4, 0.5) is 5.69 Å². The number of hydrogen-bond acceptors (Lipinski definition) is 5. The molecule has 8 heteroatoms. The van der Waals surface area contributed by atoms with Crippen LogP contribution < -0.4 is 14.2 Å². The van der Waals surface area contributed by atoms with E-state index >= 15 is 0 Å². The third-order valence-electron chi connectivity index (χ3n) is 3.93. The summed E-state index contributed by atoms with van der Waals surface area (Å²) in [5, 5.41) is 9.40. The van der Waals surface area contributed by atoms with E-state index in [0.29, 0.717) is 19.0 Å². The van der Waals surface area contributed by atoms with E-state index in [1.807, 2.05) is 6.92 Å². The van der Waals surface area contributed by atoms with Crippen molar-refractivity contribution in [2.45, 2.75) is 24.7 Å². The molecule has 2 N–H and O–H groups in total. The molecule has 0 spiro atoms. The lowest BCUT2D eigenvalue weighted by molar-refractivity contribution is 0.0697. The molecule has 26 heavy (non-hydrogen) atoms. The average molecular weight is 377 g/mol. The summed E-state index contributed by atoms with van der Waals surface area (Å²) in [5.41, 5.74) is 0.761. The zero-order valence-corrected chi connectivity index (χ0v) is 15.0. The standard InChI is InChI=1S/C18H19NO6S/c1-2-3-12-4-6-13(7-5-12)26(22,23)19-15-11-17-16(24-8-9-25-17)10-14(15)18(20)21/h4-7,10-11,19H,2-3,8-9H2,1H3,(H,20,21). The number of anilines is 1. The lowest BCUT2D eigenvalue weighted by Gasteiger charge is -2.20. The number of carboxylic acid groups (broad SMARTS) is 1. The lowest BCUT2D eigenvalue weighted by Crippen LogP contribution is -2.19. The van der Waals surface area contributed by atoms with Gasteiger partial charge in [-0.1, -0.05) is 25.5 Å². The molecule has 0 radical (unpaired) electrons. The second-order valence-corrected chi connectivity index (χ2v) is 7.53. The molecule has 0 aromatic heterocycles. The van der Waals surface area contributed by atoms with Gasteiger partial charge in [0.2, 0.25) is 0 Å². The number of sulfonamides is 1. The molecule has 7 nitrogen and oxygen atoms in total. The Labute approximate surface area is 151 Å². The van der Waals surface area contributed by atoms with Crippen LogP contribution in [0.2, 0.25) is 0 Å². The van der Waals surface area contributed by atoms with Crippen LogP contribution in [0.25, 0.3) is 0 Å². The van der Waals surface area contributed by atoms with Crippen LogP contribution in [0.1, 0.15) is 29.3 Å². The van der Waals surface area contributed by atoms with Gasteiger partial charge >= 0.3 is 5.97 Å². The van der Waals surface area contributed by atoms with Crippen molar-refractivity contribution in [1.29, 1.82) is 0 Å². The van der Waals surface area contributed by atoms with Gasteiger partial charge in [-0.05, 0) is 24.1 Å². The van der Waals surface area contributed by atoms with Gasteiger partial charge in [0.15, 0.2) is 11.5 Å². The fraction of sp³-hybridized carbons (Fsp3) is 0.278. The summed E-state index contributed by atoms with van der Waals surface area (Å²) in [6.07, 6.45) is 1.82. The number of carbonyl (C=O) groups is 1. The fourth-order valence-electron chi connectivity index (χ4n) is 2.68. The molecular weight excluding hydrogens is 358 g/mol. The molecule has 0 fully saturated rings. The van der Waals surface area contributed by atoms with E-state index in [1.165, 1.54) is 24.3 Å². The lowest BCUT2D eigenvalue weighted by atomic mass is 10.1. The Kier molecular flexibility index (Phi) is 5.03. The molecule has 2 aromatic carbocycles. The monoisotopic (exact) mass is 377 g/mol. The molecule has 0 saturated heterocycles. The van der Waals surface area contributed by atoms with Gasteiger partial charge in [0.25, 0.3) is 10.0 Å². The number of carboxylic acids is 1. The van der Waals surface area contributed by atoms with Gasteiger partial charge in [-0.15, -0.1) is 0 Å². The molecule has 3 rings (SSSR count). The number of fused-ring (bicyclic) bond motifs is 1. The third kappa shape index (κ3) is 3.75. The Morgan fingerprint density at radius 2 is 1.73 bits per heavy atom. The van der Waals surface area contributed by atoms with E-state index in [1.54, 1.807) is 12.1 Å². The van der Waals surface area contributed by atoms with Gasteiger partial charge in [-0.25, -0.2) is 13.2 Å². The van der Waals surface area contributed by atoms with Gasteiger partial charge in [0.1, 0.15) is 13.2 Å². The van der Waals surface area contributed by atoms with Gasteiger partial charge in [0, 0.05) is 12.1 Å². The van der Waals surface area contributed by atoms with E-state index in [2.05, 4.69) is 4.72 Å². The molecule has 1 aliphatic heterocycles. The highest BCUT2D eigenvalue weighted by atomic mass is 32.2. The van der Waals surface area contributed by atoms with Crippen molar-refractivity contribution in [3.05, 3.63) is 47.5 Å². The largest absolute Gasteiger partial charge is 0.486 e. The molecule has 1 aliphatic rings. The van der Waals surface area contributed by atoms with E-state index in [4.69, 9.17) is 9.47 Å². The maximum absolute atomic E-state index is 12.6. The Morgan fingerprint density at radius 1 is 1.12 bits per heavy atom. The number of rotatable bonds is 6. The van der Waals surface area contributed by atoms with Gasteiger partial charge in [0.05, 0.1) is 16.1 Å². The number of aryl methyl sites for hydroxylation is 1. The quantitative estimate of drug-likeness (QED) is 0.803. The first-order valence-corrected chi connectivity index (χ1v) is 9.67. The summed E-state index contributed by atoms with van der Waals surface area (Å²) in [6.45, 7) is 2.66. The van der Waals surface area contributed by atoms with Crippen molar-refractivity contribution in [3.8, 4) is 11.5 Å². The minimum absolute atomic E-state index is 0.0589. The SMILES string of the molecule is CCCc1ccc(S(=O)(=O)Nc2cc3c(cc2C(=O)O)OCCO3)cc1. The molecule has 0 unspecified atom stereocenters. The first-order valence-electron chi connectivity index (χ1n) is 8.19. The van der Waals surface area contributed by atoms with E-state index in [-0.39, 0.29) is 21.9 Å². The molecule has 0 aliphatic carbocycles. The van der Waals surface area contributed by atoms with Gasteiger partial charge < -0.3 is 14.6 Å². The maximum Gasteiger partial charge on any atom is 0.337 e. The molecule has 138 valence electrons. The smallest absolute Gasteiger partial charge is 0.337 e. The summed E-state index contributed by atoms with van der Waals surface area (Å²) in [6, 6.07) is 9.11. The summed E-state index contributed by atoms with van der Waals surface area (Å²) in [4.78, 5) is 11.6. The predicted octanol–water partition coefficient (Wildman–Crippen LogP) is 2.91. The van der Waals surface area contributed by atoms with Crippen LogP contribution >= 0.6 is 0 Å². The Morgan fingerprint density at radius 3 is 2.31 bits per heavy atom. The van der Waals surface area contributed by atoms with Gasteiger partial charge in [-0.2, -0.15) is 0 Å². The number of ether oxygens (including phenoxy) is 2. The highest BCUT2D eigenvalue weighted by Crippen LogP contribution is 2.36. The first-order chi connectivity index (χ1) is 12.4. The molecule has 2 aromatic rings. The van der Waals surface area contributed by atoms with Crippen molar-refractivity contribution in [3.63, 3.8) is 0 Å². The normalized spacial score (nSPS) is 13.3. The Balaban J connectivity index is 1.94. The van der Waals surface area contributed by atoms with Crippen LogP contribution in [-0.2, 0) is 16.4 Å². The zero-order valence-electron chi connectivity index (χ0n) is 14.2.